The summed E-state index contributed by atoms with van der Waals surface area (Å²) < 4.78 is 27.1. The Bertz CT molecular complexity index is 851. The molecule has 128 valence electrons. The molecule has 2 N–H and O–H groups in total. The van der Waals surface area contributed by atoms with E-state index in [1.807, 2.05) is 38.1 Å². The highest BCUT2D eigenvalue weighted by atomic mass is 32.2. The van der Waals surface area contributed by atoms with Crippen LogP contribution < -0.4 is 10.0 Å². The summed E-state index contributed by atoms with van der Waals surface area (Å²) in [5.41, 5.74) is 4.06. The first-order chi connectivity index (χ1) is 11.2. The van der Waals surface area contributed by atoms with Gasteiger partial charge in [0.25, 0.3) is 15.9 Å². The fraction of sp³-hybridized carbons (Fsp3) is 0.278. The molecule has 0 saturated carbocycles. The van der Waals surface area contributed by atoms with E-state index in [4.69, 9.17) is 0 Å². The summed E-state index contributed by atoms with van der Waals surface area (Å²) in [5.74, 6) is -0.601. The third kappa shape index (κ3) is 4.35. The summed E-state index contributed by atoms with van der Waals surface area (Å²) in [6.07, 6.45) is 0. The van der Waals surface area contributed by atoms with Crippen LogP contribution in [0.3, 0.4) is 0 Å². The standard InChI is InChI=1S/C18H22N2O3S/c1-12-6-5-7-16(10-12)19-11-17(21)20-24(22,23)18-14(3)8-13(2)9-15(18)4/h5-10,19H,11H2,1-4H3,(H,20,21). The maximum Gasteiger partial charge on any atom is 0.264 e. The molecule has 0 aliphatic carbocycles. The van der Waals surface area contributed by atoms with E-state index >= 15 is 0 Å². The number of rotatable bonds is 5. The molecule has 0 saturated heterocycles. The van der Waals surface area contributed by atoms with Crippen molar-refractivity contribution in [3.05, 3.63) is 58.7 Å². The Morgan fingerprint density at radius 2 is 1.58 bits per heavy atom. The molecule has 0 radical (unpaired) electrons. The Morgan fingerprint density at radius 1 is 0.958 bits per heavy atom. The van der Waals surface area contributed by atoms with Crippen LogP contribution in [0, 0.1) is 27.7 Å². The van der Waals surface area contributed by atoms with E-state index in [1.54, 1.807) is 26.0 Å². The van der Waals surface area contributed by atoms with Gasteiger partial charge in [-0.1, -0.05) is 29.8 Å². The predicted octanol–water partition coefficient (Wildman–Crippen LogP) is 2.84. The molecule has 5 nitrogen and oxygen atoms in total. The van der Waals surface area contributed by atoms with Gasteiger partial charge in [-0.3, -0.25) is 4.79 Å². The lowest BCUT2D eigenvalue weighted by atomic mass is 10.1. The van der Waals surface area contributed by atoms with E-state index in [2.05, 4.69) is 10.0 Å². The van der Waals surface area contributed by atoms with Crippen molar-refractivity contribution >= 4 is 21.6 Å². The second kappa shape index (κ2) is 7.05. The first-order valence-corrected chi connectivity index (χ1v) is 9.11. The fourth-order valence-corrected chi connectivity index (χ4v) is 4.20. The van der Waals surface area contributed by atoms with E-state index in [9.17, 15) is 13.2 Å². The molecule has 0 spiro atoms. The van der Waals surface area contributed by atoms with Gasteiger partial charge >= 0.3 is 0 Å². The van der Waals surface area contributed by atoms with Crippen molar-refractivity contribution in [2.24, 2.45) is 0 Å². The van der Waals surface area contributed by atoms with Crippen LogP contribution in [0.5, 0.6) is 0 Å². The molecule has 2 rings (SSSR count). The Kier molecular flexibility index (Phi) is 5.29. The van der Waals surface area contributed by atoms with Crippen LogP contribution in [-0.4, -0.2) is 20.9 Å². The van der Waals surface area contributed by atoms with Gasteiger partial charge in [-0.05, 0) is 56.5 Å². The van der Waals surface area contributed by atoms with E-state index in [0.29, 0.717) is 11.1 Å². The number of carbonyl (C=O) groups is 1. The van der Waals surface area contributed by atoms with Crippen molar-refractivity contribution in [1.82, 2.24) is 4.72 Å². The maximum absolute atomic E-state index is 12.5. The molecular weight excluding hydrogens is 324 g/mol. The van der Waals surface area contributed by atoms with Gasteiger partial charge in [-0.15, -0.1) is 0 Å². The number of nitrogens with one attached hydrogen (secondary N) is 2. The van der Waals surface area contributed by atoms with Crippen molar-refractivity contribution in [1.29, 1.82) is 0 Å². The number of anilines is 1. The molecule has 0 aliphatic rings. The SMILES string of the molecule is Cc1cccc(NCC(=O)NS(=O)(=O)c2c(C)cc(C)cc2C)c1. The molecule has 0 aromatic heterocycles. The molecule has 0 fully saturated rings. The predicted molar refractivity (Wildman–Crippen MR) is 95.7 cm³/mol. The highest BCUT2D eigenvalue weighted by molar-refractivity contribution is 7.90. The van der Waals surface area contributed by atoms with E-state index in [1.165, 1.54) is 0 Å². The van der Waals surface area contributed by atoms with Gasteiger partial charge < -0.3 is 5.32 Å². The third-order valence-corrected chi connectivity index (χ3v) is 5.27. The van der Waals surface area contributed by atoms with E-state index < -0.39 is 15.9 Å². The van der Waals surface area contributed by atoms with Crippen LogP contribution >= 0.6 is 0 Å². The van der Waals surface area contributed by atoms with Gasteiger partial charge in [-0.25, -0.2) is 13.1 Å². The largest absolute Gasteiger partial charge is 0.376 e. The minimum absolute atomic E-state index is 0.118. The lowest BCUT2D eigenvalue weighted by molar-refractivity contribution is -0.117. The summed E-state index contributed by atoms with van der Waals surface area (Å²) >= 11 is 0. The molecule has 0 aliphatic heterocycles. The maximum atomic E-state index is 12.5. The first-order valence-electron chi connectivity index (χ1n) is 7.63. The summed E-state index contributed by atoms with van der Waals surface area (Å²) in [6, 6.07) is 11.1. The molecular formula is C18H22N2O3S. The van der Waals surface area contributed by atoms with Crippen LogP contribution in [0.15, 0.2) is 41.3 Å². The molecule has 2 aromatic rings. The van der Waals surface area contributed by atoms with Gasteiger partial charge in [-0.2, -0.15) is 0 Å². The van der Waals surface area contributed by atoms with Gasteiger partial charge in [0, 0.05) is 5.69 Å². The Balaban J connectivity index is 2.10. The first kappa shape index (κ1) is 18.0. The Labute approximate surface area is 143 Å². The highest BCUT2D eigenvalue weighted by Gasteiger charge is 2.22. The minimum Gasteiger partial charge on any atom is -0.376 e. The van der Waals surface area contributed by atoms with E-state index in [-0.39, 0.29) is 11.4 Å². The zero-order chi connectivity index (χ0) is 17.9. The van der Waals surface area contributed by atoms with Crippen molar-refractivity contribution in [3.63, 3.8) is 0 Å². The summed E-state index contributed by atoms with van der Waals surface area (Å²) in [7, 11) is -3.89. The number of aryl methyl sites for hydroxylation is 4. The molecule has 0 atom stereocenters. The molecule has 1 amide bonds. The number of carbonyl (C=O) groups excluding carboxylic acids is 1. The van der Waals surface area contributed by atoms with Gasteiger partial charge in [0.15, 0.2) is 0 Å². The topological polar surface area (TPSA) is 75.3 Å². The Morgan fingerprint density at radius 3 is 2.17 bits per heavy atom. The highest BCUT2D eigenvalue weighted by Crippen LogP contribution is 2.21. The van der Waals surface area contributed by atoms with Crippen LogP contribution in [0.1, 0.15) is 22.3 Å². The lowest BCUT2D eigenvalue weighted by Gasteiger charge is -2.13. The van der Waals surface area contributed by atoms with Gasteiger partial charge in [0.2, 0.25) is 0 Å². The van der Waals surface area contributed by atoms with Crippen molar-refractivity contribution < 1.29 is 13.2 Å². The van der Waals surface area contributed by atoms with Gasteiger partial charge in [0.1, 0.15) is 0 Å². The number of amides is 1. The average molecular weight is 346 g/mol. The smallest absolute Gasteiger partial charge is 0.264 e. The zero-order valence-electron chi connectivity index (χ0n) is 14.3. The number of sulfonamides is 1. The minimum atomic E-state index is -3.89. The molecule has 2 aromatic carbocycles. The third-order valence-electron chi connectivity index (χ3n) is 3.59. The lowest BCUT2D eigenvalue weighted by Crippen LogP contribution is -2.35. The number of hydrogen-bond donors (Lipinski definition) is 2. The second-order valence-electron chi connectivity index (χ2n) is 5.98. The summed E-state index contributed by atoms with van der Waals surface area (Å²) in [4.78, 5) is 12.2. The zero-order valence-corrected chi connectivity index (χ0v) is 15.1. The number of hydrogen-bond acceptors (Lipinski definition) is 4. The molecule has 0 unspecified atom stereocenters. The van der Waals surface area contributed by atoms with Crippen LogP contribution in [-0.2, 0) is 14.8 Å². The molecule has 0 heterocycles. The van der Waals surface area contributed by atoms with E-state index in [0.717, 1.165) is 16.8 Å². The normalized spacial score (nSPS) is 11.2. The molecule has 24 heavy (non-hydrogen) atoms. The summed E-state index contributed by atoms with van der Waals surface area (Å²) in [5, 5.41) is 2.92. The van der Waals surface area contributed by atoms with Crippen molar-refractivity contribution in [3.8, 4) is 0 Å². The monoisotopic (exact) mass is 346 g/mol. The van der Waals surface area contributed by atoms with Crippen LogP contribution in [0.25, 0.3) is 0 Å². The van der Waals surface area contributed by atoms with Gasteiger partial charge in [0.05, 0.1) is 11.4 Å². The second-order valence-corrected chi connectivity index (χ2v) is 7.60. The van der Waals surface area contributed by atoms with Crippen LogP contribution in [0.2, 0.25) is 0 Å². The molecule has 6 heteroatoms. The van der Waals surface area contributed by atoms with Crippen LogP contribution in [0.4, 0.5) is 5.69 Å². The average Bonchev–Trinajstić information content (AvgIpc) is 2.43. The quantitative estimate of drug-likeness (QED) is 0.873. The van der Waals surface area contributed by atoms with Crippen molar-refractivity contribution in [2.75, 3.05) is 11.9 Å². The van der Waals surface area contributed by atoms with Crippen molar-refractivity contribution in [2.45, 2.75) is 32.6 Å². The number of benzene rings is 2. The summed E-state index contributed by atoms with van der Waals surface area (Å²) in [6.45, 7) is 7.18. The molecule has 0 bridgehead atoms. The Hall–Kier alpha value is -2.34. The fourth-order valence-electron chi connectivity index (χ4n) is 2.77.